The normalized spacial score (nSPS) is 11.0. The van der Waals surface area contributed by atoms with Crippen LogP contribution in [0.5, 0.6) is 5.75 Å². The second-order valence-electron chi connectivity index (χ2n) is 4.68. The third-order valence-electron chi connectivity index (χ3n) is 3.04. The van der Waals surface area contributed by atoms with Crippen molar-refractivity contribution in [2.45, 2.75) is 19.8 Å². The molecular formula is C15H18Cl2N2O. The van der Waals surface area contributed by atoms with Crippen LogP contribution in [0.3, 0.4) is 0 Å². The Bertz CT molecular complexity index is 602. The third kappa shape index (κ3) is 3.54. The number of benzene rings is 1. The highest BCUT2D eigenvalue weighted by Crippen LogP contribution is 2.37. The Balaban J connectivity index is 2.25. The standard InChI is InChI=1S/C15H18Cl2N2O/c1-10-5-6-11-12(16)9-13(17)15(14(11)19-10)20-8-4-3-7-18-2/h5-6,9,18H,3-4,7-8H2,1-2H3. The summed E-state index contributed by atoms with van der Waals surface area (Å²) in [4.78, 5) is 4.51. The van der Waals surface area contributed by atoms with Gasteiger partial charge in [-0.1, -0.05) is 23.2 Å². The summed E-state index contributed by atoms with van der Waals surface area (Å²) < 4.78 is 5.83. The molecule has 2 rings (SSSR count). The summed E-state index contributed by atoms with van der Waals surface area (Å²) in [5.74, 6) is 0.624. The maximum absolute atomic E-state index is 6.24. The van der Waals surface area contributed by atoms with Gasteiger partial charge in [-0.3, -0.25) is 0 Å². The number of pyridine rings is 1. The Kier molecular flexibility index (Phi) is 5.46. The highest BCUT2D eigenvalue weighted by Gasteiger charge is 2.13. The molecule has 0 saturated carbocycles. The molecule has 0 bridgehead atoms. The minimum absolute atomic E-state index is 0.509. The smallest absolute Gasteiger partial charge is 0.164 e. The highest BCUT2D eigenvalue weighted by atomic mass is 35.5. The van der Waals surface area contributed by atoms with E-state index in [-0.39, 0.29) is 0 Å². The molecule has 2 aromatic rings. The zero-order valence-electron chi connectivity index (χ0n) is 11.7. The molecule has 1 aromatic heterocycles. The Morgan fingerprint density at radius 1 is 1.20 bits per heavy atom. The van der Waals surface area contributed by atoms with Gasteiger partial charge in [0.15, 0.2) is 5.75 Å². The summed E-state index contributed by atoms with van der Waals surface area (Å²) >= 11 is 12.4. The molecule has 0 aliphatic rings. The fourth-order valence-corrected chi connectivity index (χ4v) is 2.58. The van der Waals surface area contributed by atoms with E-state index >= 15 is 0 Å². The number of unbranched alkanes of at least 4 members (excludes halogenated alkanes) is 1. The molecule has 0 spiro atoms. The average Bonchev–Trinajstić information content (AvgIpc) is 2.41. The van der Waals surface area contributed by atoms with Gasteiger partial charge in [0.05, 0.1) is 16.7 Å². The van der Waals surface area contributed by atoms with E-state index in [4.69, 9.17) is 27.9 Å². The molecule has 0 fully saturated rings. The molecule has 0 aliphatic heterocycles. The number of hydrogen-bond acceptors (Lipinski definition) is 3. The van der Waals surface area contributed by atoms with Crippen LogP contribution < -0.4 is 10.1 Å². The second-order valence-corrected chi connectivity index (χ2v) is 5.49. The van der Waals surface area contributed by atoms with Crippen LogP contribution in [0, 0.1) is 6.92 Å². The molecule has 0 unspecified atom stereocenters. The van der Waals surface area contributed by atoms with Gasteiger partial charge in [-0.2, -0.15) is 0 Å². The van der Waals surface area contributed by atoms with Gasteiger partial charge in [-0.05, 0) is 51.6 Å². The first-order valence-electron chi connectivity index (χ1n) is 6.66. The van der Waals surface area contributed by atoms with Gasteiger partial charge >= 0.3 is 0 Å². The number of nitrogens with zero attached hydrogens (tertiary/aromatic N) is 1. The lowest BCUT2D eigenvalue weighted by molar-refractivity contribution is 0.309. The van der Waals surface area contributed by atoms with Crippen LogP contribution >= 0.6 is 23.2 Å². The van der Waals surface area contributed by atoms with E-state index in [1.807, 2.05) is 26.1 Å². The van der Waals surface area contributed by atoms with Crippen molar-refractivity contribution in [2.24, 2.45) is 0 Å². The van der Waals surface area contributed by atoms with E-state index in [1.54, 1.807) is 6.07 Å². The molecule has 1 heterocycles. The Labute approximate surface area is 129 Å². The van der Waals surface area contributed by atoms with Crippen molar-refractivity contribution in [2.75, 3.05) is 20.2 Å². The van der Waals surface area contributed by atoms with Gasteiger partial charge in [0, 0.05) is 11.1 Å². The molecule has 0 aliphatic carbocycles. The topological polar surface area (TPSA) is 34.1 Å². The van der Waals surface area contributed by atoms with Gasteiger partial charge in [0.2, 0.25) is 0 Å². The van der Waals surface area contributed by atoms with Crippen molar-refractivity contribution in [3.63, 3.8) is 0 Å². The van der Waals surface area contributed by atoms with Crippen molar-refractivity contribution in [1.29, 1.82) is 0 Å². The Morgan fingerprint density at radius 2 is 2.00 bits per heavy atom. The van der Waals surface area contributed by atoms with E-state index in [9.17, 15) is 0 Å². The molecule has 20 heavy (non-hydrogen) atoms. The first-order chi connectivity index (χ1) is 9.63. The van der Waals surface area contributed by atoms with Crippen LogP contribution in [0.25, 0.3) is 10.9 Å². The summed E-state index contributed by atoms with van der Waals surface area (Å²) in [5.41, 5.74) is 1.65. The van der Waals surface area contributed by atoms with Crippen molar-refractivity contribution < 1.29 is 4.74 Å². The number of nitrogens with one attached hydrogen (secondary N) is 1. The summed E-state index contributed by atoms with van der Waals surface area (Å²) in [7, 11) is 1.94. The van der Waals surface area contributed by atoms with Gasteiger partial charge in [0.1, 0.15) is 5.52 Å². The maximum atomic E-state index is 6.24. The fourth-order valence-electron chi connectivity index (χ4n) is 2.01. The van der Waals surface area contributed by atoms with Crippen LogP contribution in [0.15, 0.2) is 18.2 Å². The Morgan fingerprint density at radius 3 is 2.75 bits per heavy atom. The van der Waals surface area contributed by atoms with Crippen molar-refractivity contribution in [1.82, 2.24) is 10.3 Å². The predicted molar refractivity (Wildman–Crippen MR) is 85.2 cm³/mol. The molecule has 0 saturated heterocycles. The first-order valence-corrected chi connectivity index (χ1v) is 7.42. The number of ether oxygens (including phenoxy) is 1. The van der Waals surface area contributed by atoms with Gasteiger partial charge in [-0.15, -0.1) is 0 Å². The lowest BCUT2D eigenvalue weighted by Gasteiger charge is -2.12. The predicted octanol–water partition coefficient (Wildman–Crippen LogP) is 4.23. The van der Waals surface area contributed by atoms with Crippen LogP contribution in [0.2, 0.25) is 10.0 Å². The second kappa shape index (κ2) is 7.11. The monoisotopic (exact) mass is 312 g/mol. The minimum atomic E-state index is 0.509. The molecule has 1 N–H and O–H groups in total. The highest BCUT2D eigenvalue weighted by molar-refractivity contribution is 6.39. The number of hydrogen-bond donors (Lipinski definition) is 1. The largest absolute Gasteiger partial charge is 0.490 e. The molecule has 0 radical (unpaired) electrons. The zero-order chi connectivity index (χ0) is 14.5. The summed E-state index contributed by atoms with van der Waals surface area (Å²) in [6, 6.07) is 5.59. The molecule has 3 nitrogen and oxygen atoms in total. The molecule has 1 aromatic carbocycles. The minimum Gasteiger partial charge on any atom is -0.490 e. The van der Waals surface area contributed by atoms with E-state index in [1.165, 1.54) is 0 Å². The van der Waals surface area contributed by atoms with E-state index < -0.39 is 0 Å². The maximum Gasteiger partial charge on any atom is 0.164 e. The molecule has 0 atom stereocenters. The molecule has 5 heteroatoms. The van der Waals surface area contributed by atoms with E-state index in [2.05, 4.69) is 10.3 Å². The number of aryl methyl sites for hydroxylation is 1. The van der Waals surface area contributed by atoms with Crippen molar-refractivity contribution in [3.8, 4) is 5.75 Å². The average molecular weight is 313 g/mol. The fraction of sp³-hybridized carbons (Fsp3) is 0.400. The lowest BCUT2D eigenvalue weighted by Crippen LogP contribution is -2.09. The quantitative estimate of drug-likeness (QED) is 0.811. The SMILES string of the molecule is CNCCCCOc1c(Cl)cc(Cl)c2ccc(C)nc12. The number of halogens is 2. The number of rotatable bonds is 6. The zero-order valence-corrected chi connectivity index (χ0v) is 13.2. The summed E-state index contributed by atoms with van der Waals surface area (Å²) in [6.45, 7) is 3.54. The van der Waals surface area contributed by atoms with Crippen LogP contribution in [0.4, 0.5) is 0 Å². The van der Waals surface area contributed by atoms with Crippen LogP contribution in [0.1, 0.15) is 18.5 Å². The molecular weight excluding hydrogens is 295 g/mol. The summed E-state index contributed by atoms with van der Waals surface area (Å²) in [5, 5.41) is 5.08. The van der Waals surface area contributed by atoms with Crippen molar-refractivity contribution in [3.05, 3.63) is 33.9 Å². The number of aromatic nitrogens is 1. The molecule has 0 amide bonds. The summed E-state index contributed by atoms with van der Waals surface area (Å²) in [6.07, 6.45) is 2.03. The Hall–Kier alpha value is -1.03. The third-order valence-corrected chi connectivity index (χ3v) is 3.64. The lowest BCUT2D eigenvalue weighted by atomic mass is 10.2. The van der Waals surface area contributed by atoms with Gasteiger partial charge in [-0.25, -0.2) is 4.98 Å². The first kappa shape index (κ1) is 15.4. The van der Waals surface area contributed by atoms with Gasteiger partial charge in [0.25, 0.3) is 0 Å². The number of fused-ring (bicyclic) bond motifs is 1. The van der Waals surface area contributed by atoms with Crippen LogP contribution in [-0.2, 0) is 0 Å². The van der Waals surface area contributed by atoms with E-state index in [0.717, 1.165) is 36.0 Å². The van der Waals surface area contributed by atoms with Gasteiger partial charge < -0.3 is 10.1 Å². The van der Waals surface area contributed by atoms with Crippen molar-refractivity contribution >= 4 is 34.1 Å². The molecule has 108 valence electrons. The van der Waals surface area contributed by atoms with E-state index in [0.29, 0.717) is 22.4 Å². The van der Waals surface area contributed by atoms with Crippen LogP contribution in [-0.4, -0.2) is 25.2 Å².